The molecule has 0 radical (unpaired) electrons. The van der Waals surface area contributed by atoms with Gasteiger partial charge in [-0.05, 0) is 88.9 Å². The van der Waals surface area contributed by atoms with Gasteiger partial charge in [0.05, 0.1) is 5.71 Å². The Hall–Kier alpha value is -3.85. The van der Waals surface area contributed by atoms with Gasteiger partial charge in [0.2, 0.25) is 0 Å². The van der Waals surface area contributed by atoms with Gasteiger partial charge in [-0.15, -0.1) is 0 Å². The van der Waals surface area contributed by atoms with E-state index in [4.69, 9.17) is 23.2 Å². The van der Waals surface area contributed by atoms with Crippen molar-refractivity contribution >= 4 is 45.7 Å². The molecule has 0 atom stereocenters. The molecule has 3 aromatic carbocycles. The predicted octanol–water partition coefficient (Wildman–Crippen LogP) is 9.64. The SMILES string of the molecule is CCN=C1C=CC(=C(C=CC=CC=C(c2ccc(Cl)cc2)c2ccc(N(C)C)cc2)c2ccc(Cl)cc2)C=C1. The van der Waals surface area contributed by atoms with Gasteiger partial charge in [-0.1, -0.05) is 102 Å². The van der Waals surface area contributed by atoms with Crippen LogP contribution in [-0.2, 0) is 0 Å². The topological polar surface area (TPSA) is 15.6 Å². The number of rotatable bonds is 8. The second-order valence-corrected chi connectivity index (χ2v) is 10.1. The zero-order valence-electron chi connectivity index (χ0n) is 22.5. The molecule has 4 heteroatoms. The summed E-state index contributed by atoms with van der Waals surface area (Å²) in [5.74, 6) is 0. The zero-order chi connectivity index (χ0) is 27.6. The summed E-state index contributed by atoms with van der Waals surface area (Å²) in [7, 11) is 4.09. The molecule has 1 aliphatic carbocycles. The lowest BCUT2D eigenvalue weighted by Gasteiger charge is -2.14. The van der Waals surface area contributed by atoms with E-state index in [0.717, 1.165) is 61.4 Å². The van der Waals surface area contributed by atoms with Crippen LogP contribution in [-0.4, -0.2) is 26.4 Å². The normalized spacial score (nSPS) is 13.5. The molecule has 0 spiro atoms. The maximum atomic E-state index is 6.16. The Bertz CT molecular complexity index is 1460. The van der Waals surface area contributed by atoms with Crippen LogP contribution in [0.25, 0.3) is 11.1 Å². The van der Waals surface area contributed by atoms with Gasteiger partial charge in [-0.3, -0.25) is 4.99 Å². The summed E-state index contributed by atoms with van der Waals surface area (Å²) >= 11 is 12.3. The third-order valence-electron chi connectivity index (χ3n) is 6.27. The lowest BCUT2D eigenvalue weighted by Crippen LogP contribution is -2.08. The highest BCUT2D eigenvalue weighted by Crippen LogP contribution is 2.28. The van der Waals surface area contributed by atoms with Crippen LogP contribution in [0, 0.1) is 0 Å². The molecule has 0 saturated heterocycles. The van der Waals surface area contributed by atoms with Crippen LogP contribution in [0.4, 0.5) is 5.69 Å². The number of hydrogen-bond acceptors (Lipinski definition) is 2. The first-order valence-electron chi connectivity index (χ1n) is 12.9. The third-order valence-corrected chi connectivity index (χ3v) is 6.78. The molecule has 0 aromatic heterocycles. The van der Waals surface area contributed by atoms with E-state index in [1.54, 1.807) is 0 Å². The van der Waals surface area contributed by atoms with Gasteiger partial charge < -0.3 is 4.90 Å². The summed E-state index contributed by atoms with van der Waals surface area (Å²) in [6.45, 7) is 2.81. The Morgan fingerprint density at radius 1 is 0.692 bits per heavy atom. The fourth-order valence-corrected chi connectivity index (χ4v) is 4.46. The minimum atomic E-state index is 0.720. The highest BCUT2D eigenvalue weighted by atomic mass is 35.5. The largest absolute Gasteiger partial charge is 0.378 e. The van der Waals surface area contributed by atoms with Crippen molar-refractivity contribution in [3.05, 3.63) is 160 Å². The van der Waals surface area contributed by atoms with Crippen molar-refractivity contribution in [2.75, 3.05) is 25.5 Å². The van der Waals surface area contributed by atoms with Gasteiger partial charge in [-0.25, -0.2) is 0 Å². The van der Waals surface area contributed by atoms with E-state index in [9.17, 15) is 0 Å². The van der Waals surface area contributed by atoms with E-state index in [1.807, 2.05) is 57.4 Å². The van der Waals surface area contributed by atoms with Crippen LogP contribution >= 0.6 is 23.2 Å². The molecule has 0 bridgehead atoms. The monoisotopic (exact) mass is 550 g/mol. The standard InChI is InChI=1S/C35H32Cl2N2/c1-4-38-32-22-14-28(15-23-32)34(26-10-18-30(36)19-11-26)8-6-5-7-9-35(27-12-20-31(37)21-13-27)29-16-24-33(25-17-29)39(2)3/h5-25H,4H2,1-3H3. The van der Waals surface area contributed by atoms with Gasteiger partial charge in [-0.2, -0.15) is 0 Å². The van der Waals surface area contributed by atoms with E-state index < -0.39 is 0 Å². The first-order valence-corrected chi connectivity index (χ1v) is 13.7. The van der Waals surface area contributed by atoms with Crippen molar-refractivity contribution in [3.8, 4) is 0 Å². The Morgan fingerprint density at radius 2 is 1.23 bits per heavy atom. The number of anilines is 1. The quantitative estimate of drug-likeness (QED) is 0.255. The first kappa shape index (κ1) is 28.2. The second-order valence-electron chi connectivity index (χ2n) is 9.21. The van der Waals surface area contributed by atoms with Crippen LogP contribution in [0.3, 0.4) is 0 Å². The van der Waals surface area contributed by atoms with Crippen molar-refractivity contribution in [3.63, 3.8) is 0 Å². The maximum Gasteiger partial charge on any atom is 0.0574 e. The molecular weight excluding hydrogens is 519 g/mol. The summed E-state index contributed by atoms with van der Waals surface area (Å²) < 4.78 is 0. The molecule has 0 N–H and O–H groups in total. The average molecular weight is 552 g/mol. The molecule has 3 aromatic rings. The number of aliphatic imine (C=N–C) groups is 1. The minimum absolute atomic E-state index is 0.720. The van der Waals surface area contributed by atoms with Gasteiger partial charge in [0.1, 0.15) is 0 Å². The number of hydrogen-bond donors (Lipinski definition) is 0. The van der Waals surface area contributed by atoms with E-state index in [1.165, 1.54) is 0 Å². The number of benzene rings is 3. The van der Waals surface area contributed by atoms with Gasteiger partial charge in [0, 0.05) is 36.4 Å². The van der Waals surface area contributed by atoms with E-state index in [0.29, 0.717) is 0 Å². The summed E-state index contributed by atoms with van der Waals surface area (Å²) in [6.07, 6.45) is 18.8. The van der Waals surface area contributed by atoms with Gasteiger partial charge >= 0.3 is 0 Å². The predicted molar refractivity (Wildman–Crippen MR) is 172 cm³/mol. The number of halogens is 2. The number of nitrogens with zero attached hydrogens (tertiary/aromatic N) is 2. The lowest BCUT2D eigenvalue weighted by molar-refractivity contribution is 1.13. The van der Waals surface area contributed by atoms with Crippen LogP contribution in [0.5, 0.6) is 0 Å². The molecule has 0 unspecified atom stereocenters. The molecule has 1 aliphatic rings. The highest BCUT2D eigenvalue weighted by molar-refractivity contribution is 6.30. The molecule has 196 valence electrons. The molecule has 0 fully saturated rings. The van der Waals surface area contributed by atoms with Crippen molar-refractivity contribution in [1.29, 1.82) is 0 Å². The van der Waals surface area contributed by atoms with Crippen LogP contribution in [0.2, 0.25) is 10.0 Å². The molecule has 39 heavy (non-hydrogen) atoms. The summed E-state index contributed by atoms with van der Waals surface area (Å²) in [6, 6.07) is 24.5. The highest BCUT2D eigenvalue weighted by Gasteiger charge is 2.07. The molecule has 0 saturated carbocycles. The molecule has 0 heterocycles. The smallest absolute Gasteiger partial charge is 0.0574 e. The Morgan fingerprint density at radius 3 is 1.77 bits per heavy atom. The fraction of sp³-hybridized carbons (Fsp3) is 0.114. The van der Waals surface area contributed by atoms with Crippen LogP contribution in [0.15, 0.2) is 138 Å². The lowest BCUT2D eigenvalue weighted by atomic mass is 9.95. The van der Waals surface area contributed by atoms with Crippen molar-refractivity contribution in [2.45, 2.75) is 6.92 Å². The van der Waals surface area contributed by atoms with Crippen molar-refractivity contribution in [1.82, 2.24) is 0 Å². The van der Waals surface area contributed by atoms with Gasteiger partial charge in [0.25, 0.3) is 0 Å². The fourth-order valence-electron chi connectivity index (χ4n) is 4.21. The summed E-state index contributed by atoms with van der Waals surface area (Å²) in [5, 5.41) is 1.44. The van der Waals surface area contributed by atoms with E-state index >= 15 is 0 Å². The minimum Gasteiger partial charge on any atom is -0.378 e. The Labute approximate surface area is 242 Å². The molecular formula is C35H32Cl2N2. The first-order chi connectivity index (χ1) is 18.9. The molecule has 0 amide bonds. The summed E-state index contributed by atoms with van der Waals surface area (Å²) in [5.41, 5.74) is 8.85. The molecule has 4 rings (SSSR count). The van der Waals surface area contributed by atoms with Gasteiger partial charge in [0.15, 0.2) is 0 Å². The average Bonchev–Trinajstić information content (AvgIpc) is 2.95. The molecule has 0 aliphatic heterocycles. The zero-order valence-corrected chi connectivity index (χ0v) is 24.0. The van der Waals surface area contributed by atoms with E-state index in [2.05, 4.69) is 101 Å². The number of allylic oxidation sites excluding steroid dienone is 11. The molecule has 2 nitrogen and oxygen atoms in total. The van der Waals surface area contributed by atoms with Crippen molar-refractivity contribution < 1.29 is 0 Å². The van der Waals surface area contributed by atoms with Crippen molar-refractivity contribution in [2.24, 2.45) is 4.99 Å². The second kappa shape index (κ2) is 13.8. The van der Waals surface area contributed by atoms with Crippen LogP contribution < -0.4 is 4.90 Å². The van der Waals surface area contributed by atoms with E-state index in [-0.39, 0.29) is 0 Å². The van der Waals surface area contributed by atoms with Crippen LogP contribution in [0.1, 0.15) is 23.6 Å². The third kappa shape index (κ3) is 7.83. The Kier molecular flexibility index (Phi) is 9.97. The maximum absolute atomic E-state index is 6.16. The summed E-state index contributed by atoms with van der Waals surface area (Å²) in [4.78, 5) is 6.59. The Balaban J connectivity index is 1.65.